The van der Waals surface area contributed by atoms with Gasteiger partial charge in [0.2, 0.25) is 0 Å². The van der Waals surface area contributed by atoms with Crippen molar-refractivity contribution in [1.82, 2.24) is 4.90 Å². The molecule has 0 bridgehead atoms. The maximum Gasteiger partial charge on any atom is 0.336 e. The quantitative estimate of drug-likeness (QED) is 0.835. The fraction of sp³-hybridized carbons (Fsp3) is 0.588. The van der Waals surface area contributed by atoms with Gasteiger partial charge in [0.25, 0.3) is 0 Å². The smallest absolute Gasteiger partial charge is 0.336 e. The predicted octanol–water partition coefficient (Wildman–Crippen LogP) is 2.14. The normalized spacial score (nSPS) is 21.3. The van der Waals surface area contributed by atoms with Gasteiger partial charge in [0.15, 0.2) is 0 Å². The van der Waals surface area contributed by atoms with Gasteiger partial charge < -0.3 is 19.7 Å². The van der Waals surface area contributed by atoms with Crippen LogP contribution in [0.25, 0.3) is 0 Å². The molecule has 1 aliphatic carbocycles. The van der Waals surface area contributed by atoms with Crippen molar-refractivity contribution in [2.45, 2.75) is 44.4 Å². The van der Waals surface area contributed by atoms with E-state index < -0.39 is 5.97 Å². The number of carbonyl (C=O) groups is 1. The van der Waals surface area contributed by atoms with Crippen molar-refractivity contribution in [2.24, 2.45) is 0 Å². The van der Waals surface area contributed by atoms with Gasteiger partial charge in [-0.3, -0.25) is 4.90 Å². The largest absolute Gasteiger partial charge is 0.497 e. The van der Waals surface area contributed by atoms with Gasteiger partial charge in [-0.1, -0.05) is 12.8 Å². The lowest BCUT2D eigenvalue weighted by Gasteiger charge is -2.35. The molecule has 0 spiro atoms. The Labute approximate surface area is 136 Å². The Hall–Kier alpha value is -1.79. The number of nitrogens with zero attached hydrogens (tertiary/aromatic N) is 1. The molecule has 6 nitrogen and oxygen atoms in total. The third-order valence-electron chi connectivity index (χ3n) is 4.54. The molecule has 0 amide bonds. The molecule has 6 heteroatoms. The molecule has 128 valence electrons. The van der Waals surface area contributed by atoms with Crippen LogP contribution in [-0.4, -0.2) is 54.5 Å². The lowest BCUT2D eigenvalue weighted by molar-refractivity contribution is 0.0283. The Balaban J connectivity index is 2.31. The molecule has 23 heavy (non-hydrogen) atoms. The van der Waals surface area contributed by atoms with E-state index in [4.69, 9.17) is 9.47 Å². The van der Waals surface area contributed by atoms with Gasteiger partial charge in [-0.15, -0.1) is 0 Å². The minimum Gasteiger partial charge on any atom is -0.497 e. The first kappa shape index (κ1) is 17.6. The molecule has 0 radical (unpaired) electrons. The molecule has 0 aromatic heterocycles. The SMILES string of the molecule is COc1cc(OC)c(CN(C)[C@@H]2CCCC[C@@H]2O)c(C(=O)O)c1. The van der Waals surface area contributed by atoms with Gasteiger partial charge in [0, 0.05) is 24.2 Å². The Morgan fingerprint density at radius 3 is 2.52 bits per heavy atom. The van der Waals surface area contributed by atoms with Gasteiger partial charge >= 0.3 is 5.97 Å². The van der Waals surface area contributed by atoms with Gasteiger partial charge in [-0.2, -0.15) is 0 Å². The van der Waals surface area contributed by atoms with E-state index in [0.29, 0.717) is 23.6 Å². The van der Waals surface area contributed by atoms with Crippen molar-refractivity contribution in [3.63, 3.8) is 0 Å². The third kappa shape index (κ3) is 3.95. The van der Waals surface area contributed by atoms with Crippen molar-refractivity contribution < 1.29 is 24.5 Å². The molecule has 0 aliphatic heterocycles. The monoisotopic (exact) mass is 323 g/mol. The van der Waals surface area contributed by atoms with Crippen LogP contribution in [0.1, 0.15) is 41.6 Å². The van der Waals surface area contributed by atoms with E-state index in [0.717, 1.165) is 25.7 Å². The van der Waals surface area contributed by atoms with Crippen LogP contribution >= 0.6 is 0 Å². The van der Waals surface area contributed by atoms with Crippen molar-refractivity contribution in [3.05, 3.63) is 23.3 Å². The molecule has 2 rings (SSSR count). The number of carboxylic acid groups (broad SMARTS) is 1. The molecular formula is C17H25NO5. The zero-order valence-electron chi connectivity index (χ0n) is 13.9. The summed E-state index contributed by atoms with van der Waals surface area (Å²) >= 11 is 0. The van der Waals surface area contributed by atoms with Crippen LogP contribution in [0.15, 0.2) is 12.1 Å². The molecule has 1 fully saturated rings. The molecule has 0 heterocycles. The van der Waals surface area contributed by atoms with Gasteiger partial charge in [-0.25, -0.2) is 4.79 Å². The Bertz CT molecular complexity index is 560. The molecule has 1 aromatic rings. The lowest BCUT2D eigenvalue weighted by atomic mass is 9.91. The van der Waals surface area contributed by atoms with Crippen LogP contribution in [0, 0.1) is 0 Å². The van der Waals surface area contributed by atoms with Crippen LogP contribution in [0.5, 0.6) is 11.5 Å². The predicted molar refractivity (Wildman–Crippen MR) is 86.2 cm³/mol. The number of likely N-dealkylation sites (N-methyl/N-ethyl adjacent to an activating group) is 1. The summed E-state index contributed by atoms with van der Waals surface area (Å²) in [4.78, 5) is 13.6. The van der Waals surface area contributed by atoms with Crippen LogP contribution in [0.2, 0.25) is 0 Å². The average molecular weight is 323 g/mol. The third-order valence-corrected chi connectivity index (χ3v) is 4.54. The maximum atomic E-state index is 11.6. The summed E-state index contributed by atoms with van der Waals surface area (Å²) in [5, 5.41) is 19.7. The number of hydrogen-bond donors (Lipinski definition) is 2. The Morgan fingerprint density at radius 1 is 1.26 bits per heavy atom. The van der Waals surface area contributed by atoms with E-state index >= 15 is 0 Å². The zero-order valence-corrected chi connectivity index (χ0v) is 13.9. The van der Waals surface area contributed by atoms with Crippen LogP contribution in [0.4, 0.5) is 0 Å². The number of methoxy groups -OCH3 is 2. The summed E-state index contributed by atoms with van der Waals surface area (Å²) in [7, 11) is 4.92. The molecular weight excluding hydrogens is 298 g/mol. The first-order valence-corrected chi connectivity index (χ1v) is 7.84. The molecule has 1 aliphatic rings. The van der Waals surface area contributed by atoms with Crippen LogP contribution < -0.4 is 9.47 Å². The fourth-order valence-electron chi connectivity index (χ4n) is 3.25. The molecule has 2 atom stereocenters. The van der Waals surface area contributed by atoms with E-state index in [9.17, 15) is 15.0 Å². The van der Waals surface area contributed by atoms with E-state index in [-0.39, 0.29) is 17.7 Å². The number of hydrogen-bond acceptors (Lipinski definition) is 5. The highest BCUT2D eigenvalue weighted by atomic mass is 16.5. The molecule has 1 aromatic carbocycles. The molecule has 0 saturated heterocycles. The zero-order chi connectivity index (χ0) is 17.0. The van der Waals surface area contributed by atoms with Crippen molar-refractivity contribution in [1.29, 1.82) is 0 Å². The fourth-order valence-corrected chi connectivity index (χ4v) is 3.25. The highest BCUT2D eigenvalue weighted by molar-refractivity contribution is 5.91. The van der Waals surface area contributed by atoms with Crippen molar-refractivity contribution >= 4 is 5.97 Å². The number of aliphatic hydroxyl groups excluding tert-OH is 1. The van der Waals surface area contributed by atoms with E-state index in [1.807, 2.05) is 11.9 Å². The van der Waals surface area contributed by atoms with Crippen LogP contribution in [0.3, 0.4) is 0 Å². The van der Waals surface area contributed by atoms with Gasteiger partial charge in [-0.05, 0) is 26.0 Å². The maximum absolute atomic E-state index is 11.6. The number of aromatic carboxylic acids is 1. The van der Waals surface area contributed by atoms with E-state index in [2.05, 4.69) is 0 Å². The molecule has 1 saturated carbocycles. The summed E-state index contributed by atoms with van der Waals surface area (Å²) in [5.74, 6) is -0.0861. The first-order chi connectivity index (χ1) is 11.0. The summed E-state index contributed by atoms with van der Waals surface area (Å²) in [6, 6.07) is 3.23. The summed E-state index contributed by atoms with van der Waals surface area (Å²) < 4.78 is 10.5. The highest BCUT2D eigenvalue weighted by Crippen LogP contribution is 2.32. The summed E-state index contributed by atoms with van der Waals surface area (Å²) in [5.41, 5.74) is 0.763. The second-order valence-corrected chi connectivity index (χ2v) is 6.00. The first-order valence-electron chi connectivity index (χ1n) is 7.84. The number of carboxylic acids is 1. The standard InChI is InChI=1S/C17H25NO5/c1-18(14-6-4-5-7-15(14)19)10-13-12(17(20)21)8-11(22-2)9-16(13)23-3/h8-9,14-15,19H,4-7,10H2,1-3H3,(H,20,21)/t14-,15+/m1/s1. The van der Waals surface area contributed by atoms with Crippen molar-refractivity contribution in [2.75, 3.05) is 21.3 Å². The van der Waals surface area contributed by atoms with Gasteiger partial charge in [0.05, 0.1) is 25.9 Å². The summed E-state index contributed by atoms with van der Waals surface area (Å²) in [6.07, 6.45) is 3.46. The van der Waals surface area contributed by atoms with E-state index in [1.54, 1.807) is 6.07 Å². The Kier molecular flexibility index (Phi) is 5.85. The molecule has 2 N–H and O–H groups in total. The van der Waals surface area contributed by atoms with Crippen LogP contribution in [-0.2, 0) is 6.54 Å². The Morgan fingerprint density at radius 2 is 1.96 bits per heavy atom. The van der Waals surface area contributed by atoms with Crippen molar-refractivity contribution in [3.8, 4) is 11.5 Å². The second-order valence-electron chi connectivity index (χ2n) is 6.00. The number of benzene rings is 1. The second kappa shape index (κ2) is 7.66. The number of rotatable bonds is 6. The topological polar surface area (TPSA) is 79.2 Å². The lowest BCUT2D eigenvalue weighted by Crippen LogP contribution is -2.43. The minimum atomic E-state index is -1.02. The highest BCUT2D eigenvalue weighted by Gasteiger charge is 2.28. The van der Waals surface area contributed by atoms with E-state index in [1.165, 1.54) is 20.3 Å². The number of aliphatic hydroxyl groups is 1. The average Bonchev–Trinajstić information content (AvgIpc) is 2.54. The van der Waals surface area contributed by atoms with Gasteiger partial charge in [0.1, 0.15) is 11.5 Å². The minimum absolute atomic E-state index is 0.0391. The molecule has 0 unspecified atom stereocenters. The number of ether oxygens (including phenoxy) is 2. The summed E-state index contributed by atoms with van der Waals surface area (Å²) in [6.45, 7) is 0.399.